The number of hydrogen-bond acceptors (Lipinski definition) is 4. The van der Waals surface area contributed by atoms with Crippen LogP contribution in [0, 0.1) is 0 Å². The molecule has 5 heteroatoms. The van der Waals surface area contributed by atoms with Crippen molar-refractivity contribution >= 4 is 11.5 Å². The van der Waals surface area contributed by atoms with E-state index in [9.17, 15) is 0 Å². The maximum absolute atomic E-state index is 4.69. The summed E-state index contributed by atoms with van der Waals surface area (Å²) >= 11 is 0. The first kappa shape index (κ1) is 14.3. The Kier molecular flexibility index (Phi) is 4.39. The molecule has 0 radical (unpaired) electrons. The zero-order valence-corrected chi connectivity index (χ0v) is 13.0. The molecule has 0 aliphatic heterocycles. The van der Waals surface area contributed by atoms with Crippen LogP contribution in [0.15, 0.2) is 24.5 Å². The lowest BCUT2D eigenvalue weighted by molar-refractivity contribution is 0.337. The van der Waals surface area contributed by atoms with Gasteiger partial charge in [-0.25, -0.2) is 9.50 Å². The number of aromatic nitrogens is 3. The van der Waals surface area contributed by atoms with E-state index in [0.29, 0.717) is 12.1 Å². The van der Waals surface area contributed by atoms with Crippen molar-refractivity contribution in [1.29, 1.82) is 0 Å². The Bertz CT molecular complexity index is 571. The van der Waals surface area contributed by atoms with Crippen molar-refractivity contribution in [2.24, 2.45) is 0 Å². The summed E-state index contributed by atoms with van der Waals surface area (Å²) in [6.45, 7) is 3.37. The molecule has 0 aromatic carbocycles. The highest BCUT2D eigenvalue weighted by Gasteiger charge is 2.24. The van der Waals surface area contributed by atoms with E-state index in [1.165, 1.54) is 32.1 Å². The van der Waals surface area contributed by atoms with Crippen molar-refractivity contribution in [1.82, 2.24) is 19.9 Å². The van der Waals surface area contributed by atoms with Crippen molar-refractivity contribution in [3.63, 3.8) is 0 Å². The zero-order chi connectivity index (χ0) is 14.7. The summed E-state index contributed by atoms with van der Waals surface area (Å²) in [4.78, 5) is 7.03. The molecule has 5 nitrogen and oxygen atoms in total. The minimum Gasteiger partial charge on any atom is -0.357 e. The van der Waals surface area contributed by atoms with Crippen LogP contribution in [0.4, 0.5) is 5.82 Å². The van der Waals surface area contributed by atoms with Crippen LogP contribution >= 0.6 is 0 Å². The number of hydrogen-bond donors (Lipinski definition) is 1. The summed E-state index contributed by atoms with van der Waals surface area (Å²) in [7, 11) is 2.17. The van der Waals surface area contributed by atoms with E-state index in [2.05, 4.69) is 40.3 Å². The van der Waals surface area contributed by atoms with Gasteiger partial charge >= 0.3 is 0 Å². The highest BCUT2D eigenvalue weighted by atomic mass is 15.3. The van der Waals surface area contributed by atoms with Crippen LogP contribution in [0.2, 0.25) is 0 Å². The average molecular weight is 287 g/mol. The molecule has 114 valence electrons. The molecule has 0 amide bonds. The number of nitrogens with zero attached hydrogens (tertiary/aromatic N) is 4. The highest BCUT2D eigenvalue weighted by Crippen LogP contribution is 2.25. The summed E-state index contributed by atoms with van der Waals surface area (Å²) in [6.07, 6.45) is 10.0. The third-order valence-corrected chi connectivity index (χ3v) is 4.53. The molecule has 1 aliphatic carbocycles. The third kappa shape index (κ3) is 3.18. The number of nitrogens with one attached hydrogen (secondary N) is 1. The van der Waals surface area contributed by atoms with Gasteiger partial charge in [-0.2, -0.15) is 5.10 Å². The van der Waals surface area contributed by atoms with Gasteiger partial charge in [0.1, 0.15) is 5.82 Å². The maximum atomic E-state index is 4.69. The Morgan fingerprint density at radius 2 is 2.10 bits per heavy atom. The molecule has 0 bridgehead atoms. The van der Waals surface area contributed by atoms with E-state index in [1.54, 1.807) is 6.20 Å². The van der Waals surface area contributed by atoms with E-state index >= 15 is 0 Å². The van der Waals surface area contributed by atoms with Gasteiger partial charge in [0.2, 0.25) is 0 Å². The van der Waals surface area contributed by atoms with Gasteiger partial charge in [-0.05, 0) is 44.7 Å². The van der Waals surface area contributed by atoms with E-state index in [-0.39, 0.29) is 0 Å². The quantitative estimate of drug-likeness (QED) is 0.917. The lowest BCUT2D eigenvalue weighted by atomic mass is 9.90. The van der Waals surface area contributed by atoms with Crippen LogP contribution in [-0.4, -0.2) is 40.3 Å². The predicted molar refractivity (Wildman–Crippen MR) is 85.7 cm³/mol. The minimum absolute atomic E-state index is 0.600. The molecule has 1 fully saturated rings. The second-order valence-corrected chi connectivity index (χ2v) is 5.99. The Balaban J connectivity index is 1.61. The van der Waals surface area contributed by atoms with E-state index < -0.39 is 0 Å². The average Bonchev–Trinajstić information content (AvgIpc) is 3.00. The second kappa shape index (κ2) is 6.43. The molecule has 0 unspecified atom stereocenters. The fraction of sp³-hybridized carbons (Fsp3) is 0.625. The molecule has 3 rings (SSSR count). The molecule has 0 atom stereocenters. The molecule has 0 spiro atoms. The van der Waals surface area contributed by atoms with Crippen LogP contribution in [-0.2, 0) is 0 Å². The molecule has 0 saturated heterocycles. The zero-order valence-electron chi connectivity index (χ0n) is 13.0. The van der Waals surface area contributed by atoms with Crippen molar-refractivity contribution in [3.05, 3.63) is 24.5 Å². The predicted octanol–water partition coefficient (Wildman–Crippen LogP) is 2.48. The van der Waals surface area contributed by atoms with E-state index in [4.69, 9.17) is 0 Å². The van der Waals surface area contributed by atoms with Crippen LogP contribution in [0.5, 0.6) is 0 Å². The summed E-state index contributed by atoms with van der Waals surface area (Å²) in [5.41, 5.74) is 0.914. The van der Waals surface area contributed by atoms with Crippen molar-refractivity contribution in [2.45, 2.75) is 51.1 Å². The molecule has 21 heavy (non-hydrogen) atoms. The number of rotatable bonds is 5. The SMILES string of the molecule is CCCNC1CCC(N(C)c2ccn3nccc3n2)CC1. The van der Waals surface area contributed by atoms with Crippen LogP contribution in [0.3, 0.4) is 0 Å². The molecular weight excluding hydrogens is 262 g/mol. The molecule has 2 aromatic rings. The van der Waals surface area contributed by atoms with Gasteiger partial charge in [-0.1, -0.05) is 6.92 Å². The summed E-state index contributed by atoms with van der Waals surface area (Å²) in [5, 5.41) is 7.84. The molecule has 1 N–H and O–H groups in total. The highest BCUT2D eigenvalue weighted by molar-refractivity contribution is 5.47. The Labute approximate surface area is 126 Å². The Hall–Kier alpha value is -1.62. The number of anilines is 1. The van der Waals surface area contributed by atoms with Gasteiger partial charge in [0, 0.05) is 31.4 Å². The fourth-order valence-electron chi connectivity index (χ4n) is 3.20. The van der Waals surface area contributed by atoms with Crippen molar-refractivity contribution in [3.8, 4) is 0 Å². The van der Waals surface area contributed by atoms with Crippen LogP contribution in [0.1, 0.15) is 39.0 Å². The standard InChI is InChI=1S/C16H25N5/c1-3-10-17-13-4-6-14(7-5-13)20(2)15-9-12-21-16(19-15)8-11-18-21/h8-9,11-14,17H,3-7,10H2,1-2H3. The van der Waals surface area contributed by atoms with Gasteiger partial charge in [-0.15, -0.1) is 0 Å². The lowest BCUT2D eigenvalue weighted by Gasteiger charge is -2.35. The van der Waals surface area contributed by atoms with Gasteiger partial charge in [0.25, 0.3) is 0 Å². The van der Waals surface area contributed by atoms with Gasteiger partial charge in [-0.3, -0.25) is 0 Å². The largest absolute Gasteiger partial charge is 0.357 e. The molecule has 2 aromatic heterocycles. The monoisotopic (exact) mass is 287 g/mol. The summed E-state index contributed by atoms with van der Waals surface area (Å²) < 4.78 is 1.81. The smallest absolute Gasteiger partial charge is 0.157 e. The molecule has 2 heterocycles. The lowest BCUT2D eigenvalue weighted by Crippen LogP contribution is -2.41. The Morgan fingerprint density at radius 1 is 1.29 bits per heavy atom. The van der Waals surface area contributed by atoms with Gasteiger partial charge < -0.3 is 10.2 Å². The fourth-order valence-corrected chi connectivity index (χ4v) is 3.20. The third-order valence-electron chi connectivity index (χ3n) is 4.53. The summed E-state index contributed by atoms with van der Waals surface area (Å²) in [6, 6.07) is 5.31. The molecule has 1 saturated carbocycles. The van der Waals surface area contributed by atoms with Crippen molar-refractivity contribution in [2.75, 3.05) is 18.5 Å². The first-order valence-electron chi connectivity index (χ1n) is 8.04. The van der Waals surface area contributed by atoms with Gasteiger partial charge in [0.05, 0.1) is 6.20 Å². The molecular formula is C16H25N5. The van der Waals surface area contributed by atoms with E-state index in [1.807, 2.05) is 16.8 Å². The topological polar surface area (TPSA) is 45.5 Å². The minimum atomic E-state index is 0.600. The van der Waals surface area contributed by atoms with Crippen molar-refractivity contribution < 1.29 is 0 Å². The first-order valence-corrected chi connectivity index (χ1v) is 8.04. The molecule has 1 aliphatic rings. The van der Waals surface area contributed by atoms with Crippen LogP contribution < -0.4 is 10.2 Å². The summed E-state index contributed by atoms with van der Waals surface area (Å²) in [5.74, 6) is 1.05. The second-order valence-electron chi connectivity index (χ2n) is 5.99. The van der Waals surface area contributed by atoms with E-state index in [0.717, 1.165) is 18.0 Å². The van der Waals surface area contributed by atoms with Crippen LogP contribution in [0.25, 0.3) is 5.65 Å². The maximum Gasteiger partial charge on any atom is 0.157 e. The Morgan fingerprint density at radius 3 is 2.86 bits per heavy atom. The number of fused-ring (bicyclic) bond motifs is 1. The van der Waals surface area contributed by atoms with Gasteiger partial charge in [0.15, 0.2) is 5.65 Å². The first-order chi connectivity index (χ1) is 10.3. The normalized spacial score (nSPS) is 22.6.